The Balaban J connectivity index is 3.14. The van der Waals surface area contributed by atoms with E-state index in [1.807, 2.05) is 25.1 Å². The minimum Gasteiger partial charge on any atom is -0.496 e. The molecule has 0 saturated heterocycles. The Hall–Kier alpha value is -1.35. The van der Waals surface area contributed by atoms with E-state index >= 15 is 0 Å². The van der Waals surface area contributed by atoms with E-state index in [2.05, 4.69) is 0 Å². The van der Waals surface area contributed by atoms with Crippen LogP contribution >= 0.6 is 0 Å². The number of carbonyl (C=O) groups is 1. The van der Waals surface area contributed by atoms with Crippen LogP contribution in [0.1, 0.15) is 17.2 Å². The van der Waals surface area contributed by atoms with Gasteiger partial charge in [-0.25, -0.2) is 0 Å². The Labute approximate surface area is 77.5 Å². The average molecular weight is 179 g/mol. The van der Waals surface area contributed by atoms with Gasteiger partial charge in [-0.2, -0.15) is 0 Å². The third-order valence-electron chi connectivity index (χ3n) is 1.89. The van der Waals surface area contributed by atoms with Crippen molar-refractivity contribution < 1.29 is 9.53 Å². The molecular formula is C10H13NO2. The summed E-state index contributed by atoms with van der Waals surface area (Å²) in [6, 6.07) is 4.99. The Bertz CT molecular complexity index is 310. The lowest BCUT2D eigenvalue weighted by atomic mass is 10.0. The summed E-state index contributed by atoms with van der Waals surface area (Å²) in [6.45, 7) is 1.94. The van der Waals surface area contributed by atoms with E-state index in [0.29, 0.717) is 12.0 Å². The molecule has 0 saturated carbocycles. The van der Waals surface area contributed by atoms with Crippen LogP contribution in [0.25, 0.3) is 0 Å². The summed E-state index contributed by atoms with van der Waals surface area (Å²) in [4.78, 5) is 10.5. The maximum absolute atomic E-state index is 10.5. The number of ether oxygens (including phenoxy) is 1. The van der Waals surface area contributed by atoms with Gasteiger partial charge in [0.1, 0.15) is 12.0 Å². The van der Waals surface area contributed by atoms with Crippen molar-refractivity contribution in [1.29, 1.82) is 0 Å². The second kappa shape index (κ2) is 4.05. The van der Waals surface area contributed by atoms with Gasteiger partial charge in [-0.3, -0.25) is 0 Å². The minimum atomic E-state index is -0.602. The lowest BCUT2D eigenvalue weighted by Gasteiger charge is -2.11. The number of nitrogens with two attached hydrogens (primary N) is 1. The van der Waals surface area contributed by atoms with Crippen LogP contribution in [0.15, 0.2) is 18.2 Å². The van der Waals surface area contributed by atoms with E-state index in [1.54, 1.807) is 7.11 Å². The molecule has 13 heavy (non-hydrogen) atoms. The molecule has 0 aromatic heterocycles. The van der Waals surface area contributed by atoms with E-state index in [9.17, 15) is 4.79 Å². The highest BCUT2D eigenvalue weighted by molar-refractivity contribution is 5.63. The number of aldehydes is 1. The van der Waals surface area contributed by atoms with Gasteiger partial charge in [0, 0.05) is 5.56 Å². The Kier molecular flexibility index (Phi) is 3.03. The van der Waals surface area contributed by atoms with E-state index in [4.69, 9.17) is 10.5 Å². The molecule has 0 spiro atoms. The van der Waals surface area contributed by atoms with E-state index in [1.165, 1.54) is 0 Å². The molecule has 3 nitrogen and oxygen atoms in total. The summed E-state index contributed by atoms with van der Waals surface area (Å²) in [7, 11) is 1.56. The van der Waals surface area contributed by atoms with E-state index in [0.717, 1.165) is 11.1 Å². The molecule has 70 valence electrons. The number of rotatable bonds is 3. The summed E-state index contributed by atoms with van der Waals surface area (Å²) in [5.74, 6) is 0.658. The maximum atomic E-state index is 10.5. The van der Waals surface area contributed by atoms with Crippen molar-refractivity contribution in [2.24, 2.45) is 5.73 Å². The molecule has 1 aromatic carbocycles. The van der Waals surface area contributed by atoms with Crippen LogP contribution in [0.5, 0.6) is 5.75 Å². The van der Waals surface area contributed by atoms with Crippen molar-refractivity contribution in [1.82, 2.24) is 0 Å². The first-order valence-electron chi connectivity index (χ1n) is 4.04. The van der Waals surface area contributed by atoms with Gasteiger partial charge < -0.3 is 15.3 Å². The molecule has 0 aliphatic heterocycles. The molecule has 1 atom stereocenters. The second-order valence-corrected chi connectivity index (χ2v) is 2.91. The minimum absolute atomic E-state index is 0.602. The van der Waals surface area contributed by atoms with Gasteiger partial charge in [-0.1, -0.05) is 17.7 Å². The van der Waals surface area contributed by atoms with Crippen molar-refractivity contribution in [3.63, 3.8) is 0 Å². The van der Waals surface area contributed by atoms with Crippen LogP contribution in [0, 0.1) is 6.92 Å². The second-order valence-electron chi connectivity index (χ2n) is 2.91. The van der Waals surface area contributed by atoms with Crippen molar-refractivity contribution in [2.75, 3.05) is 7.11 Å². The normalized spacial score (nSPS) is 12.2. The third-order valence-corrected chi connectivity index (χ3v) is 1.89. The van der Waals surface area contributed by atoms with Gasteiger partial charge in [0.05, 0.1) is 13.2 Å². The highest BCUT2D eigenvalue weighted by Crippen LogP contribution is 2.23. The number of hydrogen-bond donors (Lipinski definition) is 1. The zero-order valence-electron chi connectivity index (χ0n) is 7.78. The molecule has 0 radical (unpaired) electrons. The summed E-state index contributed by atoms with van der Waals surface area (Å²) >= 11 is 0. The highest BCUT2D eigenvalue weighted by Gasteiger charge is 2.10. The largest absolute Gasteiger partial charge is 0.496 e. The van der Waals surface area contributed by atoms with Crippen molar-refractivity contribution >= 4 is 6.29 Å². The molecule has 0 amide bonds. The van der Waals surface area contributed by atoms with Crippen molar-refractivity contribution in [2.45, 2.75) is 13.0 Å². The molecule has 0 bridgehead atoms. The lowest BCUT2D eigenvalue weighted by Crippen LogP contribution is -2.12. The maximum Gasteiger partial charge on any atom is 0.141 e. The number of carbonyl (C=O) groups excluding carboxylic acids is 1. The van der Waals surface area contributed by atoms with Crippen LogP contribution in [0.3, 0.4) is 0 Å². The molecule has 1 rings (SSSR count). The lowest BCUT2D eigenvalue weighted by molar-refractivity contribution is -0.109. The fourth-order valence-corrected chi connectivity index (χ4v) is 1.19. The SMILES string of the molecule is COc1ccc(C)cc1C(N)C=O. The van der Waals surface area contributed by atoms with Crippen LogP contribution in [-0.2, 0) is 4.79 Å². The Morgan fingerprint density at radius 1 is 1.54 bits per heavy atom. The van der Waals surface area contributed by atoms with Gasteiger partial charge in [0.25, 0.3) is 0 Å². The Morgan fingerprint density at radius 3 is 2.77 bits per heavy atom. The van der Waals surface area contributed by atoms with Crippen molar-refractivity contribution in [3.8, 4) is 5.75 Å². The summed E-state index contributed by atoms with van der Waals surface area (Å²) in [6.07, 6.45) is 0.706. The fourth-order valence-electron chi connectivity index (χ4n) is 1.19. The molecule has 0 heterocycles. The predicted octanol–water partition coefficient (Wildman–Crippen LogP) is 1.20. The van der Waals surface area contributed by atoms with Crippen LogP contribution in [-0.4, -0.2) is 13.4 Å². The van der Waals surface area contributed by atoms with Gasteiger partial charge >= 0.3 is 0 Å². The predicted molar refractivity (Wildman–Crippen MR) is 50.7 cm³/mol. The summed E-state index contributed by atoms with van der Waals surface area (Å²) in [5, 5.41) is 0. The zero-order valence-corrected chi connectivity index (χ0v) is 7.78. The molecular weight excluding hydrogens is 166 g/mol. The van der Waals surface area contributed by atoms with Crippen LogP contribution < -0.4 is 10.5 Å². The number of hydrogen-bond acceptors (Lipinski definition) is 3. The number of benzene rings is 1. The van der Waals surface area contributed by atoms with E-state index < -0.39 is 6.04 Å². The topological polar surface area (TPSA) is 52.3 Å². The van der Waals surface area contributed by atoms with Gasteiger partial charge in [-0.05, 0) is 13.0 Å². The van der Waals surface area contributed by atoms with Crippen molar-refractivity contribution in [3.05, 3.63) is 29.3 Å². The molecule has 3 heteroatoms. The fraction of sp³-hybridized carbons (Fsp3) is 0.300. The summed E-state index contributed by atoms with van der Waals surface area (Å²) in [5.41, 5.74) is 7.39. The molecule has 1 unspecified atom stereocenters. The average Bonchev–Trinajstić information content (AvgIpc) is 2.16. The quantitative estimate of drug-likeness (QED) is 0.709. The first kappa shape index (κ1) is 9.74. The Morgan fingerprint density at radius 2 is 2.23 bits per heavy atom. The standard InChI is InChI=1S/C10H13NO2/c1-7-3-4-10(13-2)8(5-7)9(11)6-12/h3-6,9H,11H2,1-2H3. The van der Waals surface area contributed by atoms with Gasteiger partial charge in [0.15, 0.2) is 0 Å². The molecule has 1 aromatic rings. The number of methoxy groups -OCH3 is 1. The molecule has 0 aliphatic carbocycles. The molecule has 2 N–H and O–H groups in total. The monoisotopic (exact) mass is 179 g/mol. The van der Waals surface area contributed by atoms with Crippen LogP contribution in [0.2, 0.25) is 0 Å². The first-order valence-corrected chi connectivity index (χ1v) is 4.04. The number of aryl methyl sites for hydroxylation is 1. The smallest absolute Gasteiger partial charge is 0.141 e. The summed E-state index contributed by atoms with van der Waals surface area (Å²) < 4.78 is 5.08. The van der Waals surface area contributed by atoms with Gasteiger partial charge in [-0.15, -0.1) is 0 Å². The first-order chi connectivity index (χ1) is 6.19. The molecule has 0 aliphatic rings. The highest BCUT2D eigenvalue weighted by atomic mass is 16.5. The van der Waals surface area contributed by atoms with Gasteiger partial charge in [0.2, 0.25) is 0 Å². The zero-order chi connectivity index (χ0) is 9.84. The van der Waals surface area contributed by atoms with Crippen LogP contribution in [0.4, 0.5) is 0 Å². The van der Waals surface area contributed by atoms with E-state index in [-0.39, 0.29) is 0 Å². The molecule has 0 fully saturated rings. The third kappa shape index (κ3) is 2.06.